The Morgan fingerprint density at radius 1 is 1.27 bits per heavy atom. The molecule has 0 aromatic carbocycles. The molecule has 1 saturated heterocycles. The number of carbonyl (C=O) groups is 1. The Morgan fingerprint density at radius 3 is 2.59 bits per heavy atom. The second kappa shape index (κ2) is 11.2. The van der Waals surface area contributed by atoms with Crippen molar-refractivity contribution in [2.24, 2.45) is 5.92 Å². The number of halogens is 2. The summed E-state index contributed by atoms with van der Waals surface area (Å²) >= 11 is 0. The quantitative estimate of drug-likeness (QED) is 0.431. The van der Waals surface area contributed by atoms with Gasteiger partial charge in [-0.1, -0.05) is 35.9 Å². The second-order valence-corrected chi connectivity index (χ2v) is 12.8. The Morgan fingerprint density at radius 2 is 1.97 bits per heavy atom. The fraction of sp³-hybridized carbons (Fsp3) is 0.593. The normalized spacial score (nSPS) is 21.5. The summed E-state index contributed by atoms with van der Waals surface area (Å²) in [6, 6.07) is 6.28. The van der Waals surface area contributed by atoms with Crippen molar-refractivity contribution in [2.75, 3.05) is 29.9 Å². The van der Waals surface area contributed by atoms with Crippen LogP contribution in [0.5, 0.6) is 0 Å². The van der Waals surface area contributed by atoms with Gasteiger partial charge < -0.3 is 15.5 Å². The monoisotopic (exact) mass is 549 g/mol. The number of amides is 1. The lowest BCUT2D eigenvalue weighted by atomic mass is 9.84. The first kappa shape index (κ1) is 28.3. The molecule has 202 valence electrons. The summed E-state index contributed by atoms with van der Waals surface area (Å²) in [6.45, 7) is 9.70. The van der Waals surface area contributed by atoms with Crippen LogP contribution in [0.3, 0.4) is 0 Å². The largest absolute Gasteiger partial charge is 0.354 e. The summed E-state index contributed by atoms with van der Waals surface area (Å²) in [5.74, 6) is -0.0607. The summed E-state index contributed by atoms with van der Waals surface area (Å²) in [7, 11) is 4.72. The summed E-state index contributed by atoms with van der Waals surface area (Å²) in [4.78, 5) is 23.5. The van der Waals surface area contributed by atoms with Gasteiger partial charge in [-0.3, -0.25) is 4.79 Å². The molecule has 2 aromatic rings. The molecule has 2 N–H and O–H groups in total. The molecule has 1 aliphatic carbocycles. The Hall–Kier alpha value is -1.75. The van der Waals surface area contributed by atoms with Gasteiger partial charge in [-0.15, -0.1) is 9.24 Å². The van der Waals surface area contributed by atoms with Gasteiger partial charge in [0.1, 0.15) is 11.6 Å². The van der Waals surface area contributed by atoms with Crippen LogP contribution in [0.1, 0.15) is 70.4 Å². The van der Waals surface area contributed by atoms with E-state index in [1.807, 2.05) is 6.07 Å². The molecule has 0 spiro atoms. The van der Waals surface area contributed by atoms with Crippen LogP contribution < -0.4 is 15.5 Å². The summed E-state index contributed by atoms with van der Waals surface area (Å²) < 4.78 is 29.4. The number of alkyl halides is 2. The van der Waals surface area contributed by atoms with Gasteiger partial charge in [-0.25, -0.2) is 18.7 Å². The molecule has 6 nitrogen and oxygen atoms in total. The molecule has 1 amide bonds. The van der Waals surface area contributed by atoms with Crippen LogP contribution in [0.2, 0.25) is 0 Å². The lowest BCUT2D eigenvalue weighted by Crippen LogP contribution is -2.49. The van der Waals surface area contributed by atoms with E-state index in [-0.39, 0.29) is 22.4 Å². The smallest absolute Gasteiger partial charge is 0.265 e. The number of nitrogens with zero attached hydrogens (tertiary/aromatic N) is 3. The fourth-order valence-corrected chi connectivity index (χ4v) is 6.29. The predicted octanol–water partition coefficient (Wildman–Crippen LogP) is 5.75. The Bertz CT molecular complexity index is 1130. The van der Waals surface area contributed by atoms with Crippen LogP contribution in [0, 0.1) is 5.92 Å². The predicted molar refractivity (Wildman–Crippen MR) is 154 cm³/mol. The highest BCUT2D eigenvalue weighted by atomic mass is 31.0. The third-order valence-corrected chi connectivity index (χ3v) is 9.21. The van der Waals surface area contributed by atoms with E-state index >= 15 is 0 Å². The number of hydrogen-bond acceptors (Lipinski definition) is 5. The van der Waals surface area contributed by atoms with E-state index in [1.54, 1.807) is 21.5 Å². The molecule has 10 heteroatoms. The van der Waals surface area contributed by atoms with Crippen LogP contribution in [0.4, 0.5) is 20.4 Å². The number of carbonyl (C=O) groups excluding carboxylic acids is 1. The molecule has 37 heavy (non-hydrogen) atoms. The van der Waals surface area contributed by atoms with Gasteiger partial charge in [0.25, 0.3) is 5.66 Å². The van der Waals surface area contributed by atoms with Gasteiger partial charge in [-0.2, -0.15) is 0 Å². The third kappa shape index (κ3) is 6.29. The van der Waals surface area contributed by atoms with Crippen molar-refractivity contribution in [3.63, 3.8) is 0 Å². The van der Waals surface area contributed by atoms with Crippen molar-refractivity contribution in [1.82, 2.24) is 15.3 Å². The van der Waals surface area contributed by atoms with E-state index in [4.69, 9.17) is 4.98 Å². The highest BCUT2D eigenvalue weighted by molar-refractivity contribution is 7.18. The molecule has 3 heterocycles. The molecule has 4 rings (SSSR count). The molecule has 2 fully saturated rings. The first-order chi connectivity index (χ1) is 17.4. The molecule has 2 aromatic heterocycles. The van der Waals surface area contributed by atoms with Crippen LogP contribution in [0.15, 0.2) is 24.4 Å². The topological polar surface area (TPSA) is 70.2 Å². The maximum atomic E-state index is 14.7. The van der Waals surface area contributed by atoms with Crippen molar-refractivity contribution in [3.05, 3.63) is 35.5 Å². The van der Waals surface area contributed by atoms with Crippen LogP contribution in [-0.4, -0.2) is 47.2 Å². The van der Waals surface area contributed by atoms with E-state index < -0.39 is 11.6 Å². The summed E-state index contributed by atoms with van der Waals surface area (Å²) in [6.07, 6.45) is 6.34. The van der Waals surface area contributed by atoms with Crippen LogP contribution in [0.25, 0.3) is 11.3 Å². The van der Waals surface area contributed by atoms with Gasteiger partial charge in [0.15, 0.2) is 0 Å². The highest BCUT2D eigenvalue weighted by Crippen LogP contribution is 2.49. The molecule has 5 atom stereocenters. The average Bonchev–Trinajstić information content (AvgIpc) is 3.38. The van der Waals surface area contributed by atoms with Crippen LogP contribution >= 0.6 is 18.5 Å². The number of pyridine rings is 2. The van der Waals surface area contributed by atoms with Gasteiger partial charge in [0, 0.05) is 55.1 Å². The Labute approximate surface area is 223 Å². The number of piperazine rings is 1. The number of hydrogen-bond donors (Lipinski definition) is 2. The van der Waals surface area contributed by atoms with Gasteiger partial charge >= 0.3 is 0 Å². The lowest BCUT2D eigenvalue weighted by Gasteiger charge is -2.36. The van der Waals surface area contributed by atoms with E-state index in [1.165, 1.54) is 39.5 Å². The van der Waals surface area contributed by atoms with Crippen LogP contribution in [-0.2, 0) is 9.95 Å². The lowest BCUT2D eigenvalue weighted by molar-refractivity contribution is -0.114. The molecule has 0 bridgehead atoms. The minimum atomic E-state index is -3.10. The zero-order valence-electron chi connectivity index (χ0n) is 22.2. The molecular weight excluding hydrogens is 510 g/mol. The van der Waals surface area contributed by atoms with E-state index in [0.29, 0.717) is 23.2 Å². The zero-order valence-corrected chi connectivity index (χ0v) is 24.5. The first-order valence-corrected chi connectivity index (χ1v) is 14.3. The van der Waals surface area contributed by atoms with Gasteiger partial charge in [0.05, 0.1) is 11.6 Å². The Balaban J connectivity index is 1.92. The summed E-state index contributed by atoms with van der Waals surface area (Å²) in [5.41, 5.74) is -0.501. The van der Waals surface area contributed by atoms with Gasteiger partial charge in [0.2, 0.25) is 5.91 Å². The second-order valence-electron chi connectivity index (χ2n) is 10.9. The van der Waals surface area contributed by atoms with Crippen molar-refractivity contribution < 1.29 is 13.6 Å². The molecule has 1 aliphatic heterocycles. The number of rotatable bonds is 7. The Kier molecular flexibility index (Phi) is 8.52. The van der Waals surface area contributed by atoms with E-state index in [2.05, 4.69) is 49.7 Å². The van der Waals surface area contributed by atoms with Crippen molar-refractivity contribution in [3.8, 4) is 11.3 Å². The number of anilines is 2. The SMILES string of the molecule is CC(=O)Nc1nccc(-c2cc(C(C)(P)C3CCCC3)cc(N3CCN[C@@H](C)C3)n2)c1C(C)C(F)(F)P. The van der Waals surface area contributed by atoms with Crippen molar-refractivity contribution >= 4 is 36.0 Å². The first-order valence-electron chi connectivity index (χ1n) is 13.1. The zero-order chi connectivity index (χ0) is 27.0. The molecule has 0 radical (unpaired) electrons. The standard InChI is InChI=1S/C27H39F2N5OP2/c1-16-15-34(12-11-30-16)23-14-20(26(4,36)19-7-5-6-8-19)13-22(33-23)21-9-10-31-25(32-18(3)35)24(21)17(2)27(28,29)37/h9-10,13-14,16-17,19,30H,5-8,11-12,15,36-37H2,1-4H3,(H,31,32,35)/t16-,17?,26?/m0/s1. The molecule has 2 aliphatic rings. The average molecular weight is 550 g/mol. The van der Waals surface area contributed by atoms with E-state index in [0.717, 1.165) is 31.0 Å². The highest BCUT2D eigenvalue weighted by Gasteiger charge is 2.38. The third-order valence-electron chi connectivity index (χ3n) is 7.90. The fourth-order valence-electron chi connectivity index (χ4n) is 5.62. The minimum Gasteiger partial charge on any atom is -0.354 e. The molecule has 4 unspecified atom stereocenters. The van der Waals surface area contributed by atoms with Gasteiger partial charge in [-0.05, 0) is 49.4 Å². The summed E-state index contributed by atoms with van der Waals surface area (Å²) in [5, 5.41) is 5.97. The maximum absolute atomic E-state index is 14.7. The maximum Gasteiger partial charge on any atom is 0.265 e. The molecular formula is C27H39F2N5OP2. The molecule has 1 saturated carbocycles. The number of aromatic nitrogens is 2. The van der Waals surface area contributed by atoms with Crippen molar-refractivity contribution in [1.29, 1.82) is 0 Å². The van der Waals surface area contributed by atoms with Crippen molar-refractivity contribution in [2.45, 2.75) is 76.2 Å². The number of nitrogens with one attached hydrogen (secondary N) is 2. The minimum absolute atomic E-state index is 0.147. The van der Waals surface area contributed by atoms with E-state index in [9.17, 15) is 13.6 Å².